The molecule has 8 heteroatoms. The summed E-state index contributed by atoms with van der Waals surface area (Å²) in [7, 11) is 0. The van der Waals surface area contributed by atoms with Gasteiger partial charge in [-0.05, 0) is 12.1 Å². The fourth-order valence-electron chi connectivity index (χ4n) is 3.10. The first kappa shape index (κ1) is 18.0. The molecule has 0 N–H and O–H groups in total. The van der Waals surface area contributed by atoms with E-state index in [1.807, 2.05) is 36.4 Å². The minimum atomic E-state index is -0.330. The largest absolute Gasteiger partial charge is 0.272 e. The summed E-state index contributed by atoms with van der Waals surface area (Å²) in [5.41, 5.74) is 1.65. The maximum absolute atomic E-state index is 12.7. The van der Waals surface area contributed by atoms with Gasteiger partial charge in [-0.2, -0.15) is 0 Å². The van der Waals surface area contributed by atoms with E-state index in [2.05, 4.69) is 0 Å². The third-order valence-electron chi connectivity index (χ3n) is 4.26. The number of hydrogen-bond donors (Lipinski definition) is 0. The molecule has 0 aliphatic carbocycles. The number of carbonyl (C=O) groups is 2. The van der Waals surface area contributed by atoms with Crippen LogP contribution in [0.2, 0.25) is 10.0 Å². The van der Waals surface area contributed by atoms with Crippen LogP contribution in [0.5, 0.6) is 0 Å². The Morgan fingerprint density at radius 2 is 1.12 bits per heavy atom. The van der Waals surface area contributed by atoms with Gasteiger partial charge in [-0.1, -0.05) is 59.6 Å². The molecule has 0 radical (unpaired) electrons. The molecule has 2 atom stereocenters. The van der Waals surface area contributed by atoms with Gasteiger partial charge in [-0.3, -0.25) is 9.59 Å². The molecule has 2 aliphatic rings. The predicted octanol–water partition coefficient (Wildman–Crippen LogP) is 4.76. The lowest BCUT2D eigenvalue weighted by Crippen LogP contribution is -2.47. The van der Waals surface area contributed by atoms with Crippen LogP contribution in [0.4, 0.5) is 0 Å². The quantitative estimate of drug-likeness (QED) is 0.711. The van der Waals surface area contributed by atoms with E-state index in [0.717, 1.165) is 11.1 Å². The number of halogens is 2. The maximum Gasteiger partial charge on any atom is 0.252 e. The molecule has 2 heterocycles. The van der Waals surface area contributed by atoms with Crippen LogP contribution in [0.15, 0.2) is 48.5 Å². The summed E-state index contributed by atoms with van der Waals surface area (Å²) in [6.07, 6.45) is 0. The Morgan fingerprint density at radius 1 is 0.731 bits per heavy atom. The summed E-state index contributed by atoms with van der Waals surface area (Å²) in [4.78, 5) is 25.4. The predicted molar refractivity (Wildman–Crippen MR) is 107 cm³/mol. The normalized spacial score (nSPS) is 23.2. The van der Waals surface area contributed by atoms with Crippen molar-refractivity contribution in [1.29, 1.82) is 0 Å². The highest BCUT2D eigenvalue weighted by molar-refractivity contribution is 8.01. The van der Waals surface area contributed by atoms with E-state index in [1.54, 1.807) is 22.2 Å². The van der Waals surface area contributed by atoms with Crippen molar-refractivity contribution in [3.8, 4) is 0 Å². The van der Waals surface area contributed by atoms with E-state index in [4.69, 9.17) is 23.2 Å². The fraction of sp³-hybridized carbons (Fsp3) is 0.222. The summed E-state index contributed by atoms with van der Waals surface area (Å²) in [5, 5.41) is 3.62. The Kier molecular flexibility index (Phi) is 5.10. The van der Waals surface area contributed by atoms with Gasteiger partial charge in [-0.15, -0.1) is 23.5 Å². The first-order valence-electron chi connectivity index (χ1n) is 7.94. The molecule has 2 aliphatic heterocycles. The molecule has 0 aromatic heterocycles. The van der Waals surface area contributed by atoms with Crippen LogP contribution in [-0.2, 0) is 9.59 Å². The van der Waals surface area contributed by atoms with Gasteiger partial charge in [-0.25, -0.2) is 10.0 Å². The standard InChI is InChI=1S/C18H14Cl2N2O2S2/c19-13-7-3-1-5-11(13)17-21(15(23)9-25-17)22-16(24)10-26-18(22)12-6-2-4-8-14(12)20/h1-8,17-18H,9-10H2/t17-,18-/m0/s1. The van der Waals surface area contributed by atoms with Gasteiger partial charge in [0.05, 0.1) is 11.5 Å². The molecule has 4 nitrogen and oxygen atoms in total. The highest BCUT2D eigenvalue weighted by atomic mass is 35.5. The van der Waals surface area contributed by atoms with E-state index in [-0.39, 0.29) is 22.6 Å². The molecule has 2 aromatic carbocycles. The minimum absolute atomic E-state index is 0.104. The Balaban J connectivity index is 1.75. The highest BCUT2D eigenvalue weighted by Crippen LogP contribution is 2.49. The molecule has 2 amide bonds. The third-order valence-corrected chi connectivity index (χ3v) is 7.31. The second-order valence-corrected chi connectivity index (χ2v) is 8.80. The third kappa shape index (κ3) is 3.09. The summed E-state index contributed by atoms with van der Waals surface area (Å²) in [5.74, 6) is 0.403. The van der Waals surface area contributed by atoms with Gasteiger partial charge in [0.15, 0.2) is 0 Å². The van der Waals surface area contributed by atoms with E-state index in [1.165, 1.54) is 23.5 Å². The summed E-state index contributed by atoms with van der Waals surface area (Å²) in [6.45, 7) is 0. The van der Waals surface area contributed by atoms with Gasteiger partial charge in [0.2, 0.25) is 0 Å². The smallest absolute Gasteiger partial charge is 0.252 e. The van der Waals surface area contributed by atoms with Crippen LogP contribution in [-0.4, -0.2) is 33.3 Å². The summed E-state index contributed by atoms with van der Waals surface area (Å²) >= 11 is 15.7. The van der Waals surface area contributed by atoms with Crippen LogP contribution < -0.4 is 0 Å². The average Bonchev–Trinajstić information content (AvgIpc) is 3.18. The van der Waals surface area contributed by atoms with E-state index >= 15 is 0 Å². The number of hydrazine groups is 1. The molecule has 2 saturated heterocycles. The Hall–Kier alpha value is -1.34. The lowest BCUT2D eigenvalue weighted by atomic mass is 10.2. The number of hydrogen-bond acceptors (Lipinski definition) is 4. The molecular formula is C18H14Cl2N2O2S2. The van der Waals surface area contributed by atoms with Crippen molar-refractivity contribution in [2.45, 2.75) is 10.7 Å². The molecule has 26 heavy (non-hydrogen) atoms. The zero-order valence-electron chi connectivity index (χ0n) is 13.5. The molecule has 134 valence electrons. The molecule has 2 aromatic rings. The molecule has 0 unspecified atom stereocenters. The van der Waals surface area contributed by atoms with E-state index < -0.39 is 0 Å². The van der Waals surface area contributed by atoms with Gasteiger partial charge in [0.25, 0.3) is 11.8 Å². The van der Waals surface area contributed by atoms with Crippen LogP contribution >= 0.6 is 46.7 Å². The highest BCUT2D eigenvalue weighted by Gasteiger charge is 2.46. The van der Waals surface area contributed by atoms with Gasteiger partial charge in [0.1, 0.15) is 10.7 Å². The topological polar surface area (TPSA) is 40.6 Å². The van der Waals surface area contributed by atoms with Crippen molar-refractivity contribution in [2.75, 3.05) is 11.5 Å². The van der Waals surface area contributed by atoms with Gasteiger partial charge >= 0.3 is 0 Å². The first-order chi connectivity index (χ1) is 12.6. The van der Waals surface area contributed by atoms with Crippen molar-refractivity contribution in [3.63, 3.8) is 0 Å². The van der Waals surface area contributed by atoms with Gasteiger partial charge < -0.3 is 0 Å². The SMILES string of the molecule is O=C1CS[C@@H](c2ccccc2Cl)N1N1C(=O)CS[C@H]1c1ccccc1Cl. The molecule has 0 saturated carbocycles. The number of carbonyl (C=O) groups excluding carboxylic acids is 2. The van der Waals surface area contributed by atoms with Gasteiger partial charge in [0, 0.05) is 21.2 Å². The molecule has 0 bridgehead atoms. The number of nitrogens with zero attached hydrogens (tertiary/aromatic N) is 2. The molecule has 0 spiro atoms. The summed E-state index contributed by atoms with van der Waals surface area (Å²) in [6, 6.07) is 14.8. The van der Waals surface area contributed by atoms with Crippen molar-refractivity contribution in [1.82, 2.24) is 10.0 Å². The van der Waals surface area contributed by atoms with Crippen molar-refractivity contribution in [2.24, 2.45) is 0 Å². The van der Waals surface area contributed by atoms with Crippen molar-refractivity contribution >= 4 is 58.5 Å². The Bertz CT molecular complexity index is 808. The monoisotopic (exact) mass is 424 g/mol. The van der Waals surface area contributed by atoms with Crippen LogP contribution in [0.1, 0.15) is 21.9 Å². The fourth-order valence-corrected chi connectivity index (χ4v) is 6.06. The average molecular weight is 425 g/mol. The number of thioether (sulfide) groups is 2. The zero-order chi connectivity index (χ0) is 18.3. The van der Waals surface area contributed by atoms with Crippen LogP contribution in [0, 0.1) is 0 Å². The Morgan fingerprint density at radius 3 is 1.50 bits per heavy atom. The molecule has 2 fully saturated rings. The van der Waals surface area contributed by atoms with Crippen molar-refractivity contribution in [3.05, 3.63) is 69.7 Å². The van der Waals surface area contributed by atoms with E-state index in [0.29, 0.717) is 21.6 Å². The lowest BCUT2D eigenvalue weighted by molar-refractivity contribution is -0.161. The first-order valence-corrected chi connectivity index (χ1v) is 10.8. The lowest BCUT2D eigenvalue weighted by Gasteiger charge is -2.36. The molecule has 4 rings (SSSR count). The Labute approximate surface area is 169 Å². The van der Waals surface area contributed by atoms with Crippen LogP contribution in [0.25, 0.3) is 0 Å². The van der Waals surface area contributed by atoms with E-state index in [9.17, 15) is 9.59 Å². The molecular weight excluding hydrogens is 411 g/mol. The van der Waals surface area contributed by atoms with Crippen molar-refractivity contribution < 1.29 is 9.59 Å². The maximum atomic E-state index is 12.7. The minimum Gasteiger partial charge on any atom is -0.272 e. The summed E-state index contributed by atoms with van der Waals surface area (Å²) < 4.78 is 0. The number of amides is 2. The zero-order valence-corrected chi connectivity index (χ0v) is 16.6. The number of benzene rings is 2. The second kappa shape index (κ2) is 7.35. The number of rotatable bonds is 3. The second-order valence-electron chi connectivity index (χ2n) is 5.85. The van der Waals surface area contributed by atoms with Crippen LogP contribution in [0.3, 0.4) is 0 Å².